The lowest BCUT2D eigenvalue weighted by molar-refractivity contribution is -0.124. The first kappa shape index (κ1) is 18.7. The molecule has 0 atom stereocenters. The quantitative estimate of drug-likeness (QED) is 0.498. The number of ether oxygens (including phenoxy) is 1. The minimum atomic E-state index is -0.139. The van der Waals surface area contributed by atoms with Gasteiger partial charge in [0.05, 0.1) is 11.0 Å². The van der Waals surface area contributed by atoms with Gasteiger partial charge in [-0.1, -0.05) is 18.2 Å². The van der Waals surface area contributed by atoms with Crippen molar-refractivity contribution in [3.8, 4) is 0 Å². The number of methoxy groups -OCH3 is 1. The van der Waals surface area contributed by atoms with Gasteiger partial charge in [-0.2, -0.15) is 0 Å². The number of aromatic nitrogens is 2. The number of aryl methyl sites for hydroxylation is 1. The molecule has 7 heteroatoms. The Morgan fingerprint density at radius 2 is 2.08 bits per heavy atom. The number of benzene rings is 1. The van der Waals surface area contributed by atoms with Gasteiger partial charge in [0.15, 0.2) is 0 Å². The molecule has 1 heterocycles. The fraction of sp³-hybridized carbons (Fsp3) is 0.389. The molecule has 25 heavy (non-hydrogen) atoms. The maximum absolute atomic E-state index is 12.1. The molecule has 1 aromatic heterocycles. The molecule has 0 aliphatic carbocycles. The Bertz CT molecular complexity index is 739. The van der Waals surface area contributed by atoms with E-state index in [1.165, 1.54) is 7.11 Å². The monoisotopic (exact) mass is 344 g/mol. The van der Waals surface area contributed by atoms with Crippen molar-refractivity contribution in [3.63, 3.8) is 0 Å². The summed E-state index contributed by atoms with van der Waals surface area (Å²) in [6, 6.07) is 7.73. The van der Waals surface area contributed by atoms with Crippen LogP contribution in [-0.4, -0.2) is 48.2 Å². The number of hydrogen-bond donors (Lipinski definition) is 2. The lowest BCUT2D eigenvalue weighted by Crippen LogP contribution is -2.29. The van der Waals surface area contributed by atoms with Gasteiger partial charge in [0.25, 0.3) is 0 Å². The van der Waals surface area contributed by atoms with Gasteiger partial charge in [-0.3, -0.25) is 9.59 Å². The van der Waals surface area contributed by atoms with Gasteiger partial charge < -0.3 is 19.9 Å². The third kappa shape index (κ3) is 5.42. The fourth-order valence-corrected chi connectivity index (χ4v) is 2.53. The second kappa shape index (κ2) is 9.58. The van der Waals surface area contributed by atoms with E-state index < -0.39 is 0 Å². The lowest BCUT2D eigenvalue weighted by Gasteiger charge is -2.09. The van der Waals surface area contributed by atoms with E-state index in [-0.39, 0.29) is 25.0 Å². The molecule has 0 aliphatic rings. The van der Waals surface area contributed by atoms with Gasteiger partial charge in [0, 0.05) is 26.6 Å². The Morgan fingerprint density at radius 1 is 1.28 bits per heavy atom. The number of fused-ring (bicyclic) bond motifs is 1. The maximum Gasteiger partial charge on any atom is 0.245 e. The van der Waals surface area contributed by atoms with Crippen molar-refractivity contribution in [3.05, 3.63) is 42.7 Å². The third-order valence-electron chi connectivity index (χ3n) is 3.65. The third-order valence-corrected chi connectivity index (χ3v) is 3.65. The molecule has 2 aromatic rings. The molecule has 0 fully saturated rings. The van der Waals surface area contributed by atoms with Gasteiger partial charge in [-0.25, -0.2) is 4.98 Å². The number of carbonyl (C=O) groups is 2. The average Bonchev–Trinajstić information content (AvgIpc) is 2.95. The summed E-state index contributed by atoms with van der Waals surface area (Å²) in [6.45, 7) is 4.84. The topological polar surface area (TPSA) is 85.2 Å². The zero-order chi connectivity index (χ0) is 18.1. The van der Waals surface area contributed by atoms with Crippen LogP contribution in [0.1, 0.15) is 12.2 Å². The van der Waals surface area contributed by atoms with Gasteiger partial charge >= 0.3 is 0 Å². The first-order valence-corrected chi connectivity index (χ1v) is 8.23. The highest BCUT2D eigenvalue weighted by Gasteiger charge is 2.13. The van der Waals surface area contributed by atoms with Gasteiger partial charge in [0.2, 0.25) is 11.8 Å². The summed E-state index contributed by atoms with van der Waals surface area (Å²) in [5, 5.41) is 5.57. The number of imidazole rings is 1. The standard InChI is InChI=1S/C18H24N4O3/c1-3-10-19-17(23)12-22-15-8-5-4-7-14(15)21-16(22)9-6-11-20-18(24)13-25-2/h3-5,7-8H,1,6,9-13H2,2H3,(H,19,23)(H,20,24). The van der Waals surface area contributed by atoms with Crippen LogP contribution < -0.4 is 10.6 Å². The summed E-state index contributed by atoms with van der Waals surface area (Å²) < 4.78 is 6.70. The minimum Gasteiger partial charge on any atom is -0.375 e. The zero-order valence-electron chi connectivity index (χ0n) is 14.5. The van der Waals surface area contributed by atoms with Crippen LogP contribution in [0.15, 0.2) is 36.9 Å². The Morgan fingerprint density at radius 3 is 2.84 bits per heavy atom. The highest BCUT2D eigenvalue weighted by atomic mass is 16.5. The second-order valence-electron chi connectivity index (χ2n) is 5.58. The predicted octanol–water partition coefficient (Wildman–Crippen LogP) is 1.03. The van der Waals surface area contributed by atoms with Crippen LogP contribution in [-0.2, 0) is 27.3 Å². The zero-order valence-corrected chi connectivity index (χ0v) is 14.5. The molecule has 0 radical (unpaired) electrons. The minimum absolute atomic E-state index is 0.0575. The van der Waals surface area contributed by atoms with Crippen LogP contribution in [0.25, 0.3) is 11.0 Å². The molecule has 0 aliphatic heterocycles. The van der Waals surface area contributed by atoms with E-state index in [4.69, 9.17) is 4.74 Å². The molecule has 0 saturated carbocycles. The molecular formula is C18H24N4O3. The molecule has 0 bridgehead atoms. The van der Waals surface area contributed by atoms with E-state index in [1.54, 1.807) is 6.08 Å². The Kier molecular flexibility index (Phi) is 7.16. The van der Waals surface area contributed by atoms with Gasteiger partial charge in [0.1, 0.15) is 19.0 Å². The summed E-state index contributed by atoms with van der Waals surface area (Å²) in [5.41, 5.74) is 1.78. The molecule has 1 aromatic carbocycles. The van der Waals surface area contributed by atoms with Crippen molar-refractivity contribution in [2.45, 2.75) is 19.4 Å². The fourth-order valence-electron chi connectivity index (χ4n) is 2.53. The molecule has 7 nitrogen and oxygen atoms in total. The van der Waals surface area contributed by atoms with Crippen molar-refractivity contribution in [2.24, 2.45) is 0 Å². The molecule has 134 valence electrons. The molecule has 2 N–H and O–H groups in total. The summed E-state index contributed by atoms with van der Waals surface area (Å²) in [4.78, 5) is 28.1. The van der Waals surface area contributed by atoms with Crippen LogP contribution in [0.3, 0.4) is 0 Å². The van der Waals surface area contributed by atoms with Gasteiger partial charge in [-0.05, 0) is 18.6 Å². The number of para-hydroxylation sites is 2. The molecule has 0 saturated heterocycles. The predicted molar refractivity (Wildman–Crippen MR) is 96.1 cm³/mol. The Labute approximate surface area is 147 Å². The first-order valence-electron chi connectivity index (χ1n) is 8.23. The van der Waals surface area contributed by atoms with E-state index >= 15 is 0 Å². The van der Waals surface area contributed by atoms with Crippen LogP contribution in [0.4, 0.5) is 0 Å². The number of rotatable bonds is 10. The van der Waals surface area contributed by atoms with Crippen LogP contribution in [0, 0.1) is 0 Å². The number of nitrogens with zero attached hydrogens (tertiary/aromatic N) is 2. The van der Waals surface area contributed by atoms with Crippen LogP contribution >= 0.6 is 0 Å². The summed E-state index contributed by atoms with van der Waals surface area (Å²) >= 11 is 0. The van der Waals surface area contributed by atoms with Gasteiger partial charge in [-0.15, -0.1) is 6.58 Å². The molecule has 0 unspecified atom stereocenters. The smallest absolute Gasteiger partial charge is 0.245 e. The Balaban J connectivity index is 2.04. The van der Waals surface area contributed by atoms with Crippen LogP contribution in [0.2, 0.25) is 0 Å². The summed E-state index contributed by atoms with van der Waals surface area (Å²) in [5.74, 6) is 0.605. The Hall–Kier alpha value is -2.67. The van der Waals surface area contributed by atoms with Crippen molar-refractivity contribution in [2.75, 3.05) is 26.8 Å². The lowest BCUT2D eigenvalue weighted by atomic mass is 10.3. The number of carbonyl (C=O) groups excluding carboxylic acids is 2. The van der Waals surface area contributed by atoms with Crippen LogP contribution in [0.5, 0.6) is 0 Å². The average molecular weight is 344 g/mol. The number of hydrogen-bond acceptors (Lipinski definition) is 4. The van der Waals surface area contributed by atoms with Crippen molar-refractivity contribution >= 4 is 22.8 Å². The highest BCUT2D eigenvalue weighted by molar-refractivity contribution is 5.81. The number of nitrogens with one attached hydrogen (secondary N) is 2. The normalized spacial score (nSPS) is 10.6. The van der Waals surface area contributed by atoms with E-state index in [2.05, 4.69) is 22.2 Å². The van der Waals surface area contributed by atoms with Crippen molar-refractivity contribution in [1.29, 1.82) is 0 Å². The first-order chi connectivity index (χ1) is 12.2. The highest BCUT2D eigenvalue weighted by Crippen LogP contribution is 2.17. The van der Waals surface area contributed by atoms with E-state index in [0.717, 1.165) is 23.3 Å². The molecule has 0 spiro atoms. The van der Waals surface area contributed by atoms with Crippen molar-refractivity contribution in [1.82, 2.24) is 20.2 Å². The molecular weight excluding hydrogens is 320 g/mol. The van der Waals surface area contributed by atoms with E-state index in [0.29, 0.717) is 19.5 Å². The van der Waals surface area contributed by atoms with Crippen molar-refractivity contribution < 1.29 is 14.3 Å². The molecule has 2 amide bonds. The summed E-state index contributed by atoms with van der Waals surface area (Å²) in [7, 11) is 1.49. The maximum atomic E-state index is 12.1. The van der Waals surface area contributed by atoms with E-state index in [9.17, 15) is 9.59 Å². The number of amides is 2. The second-order valence-corrected chi connectivity index (χ2v) is 5.58. The summed E-state index contributed by atoms with van der Waals surface area (Å²) in [6.07, 6.45) is 3.04. The largest absolute Gasteiger partial charge is 0.375 e. The molecule has 2 rings (SSSR count). The SMILES string of the molecule is C=CCNC(=O)Cn1c(CCCNC(=O)COC)nc2ccccc21. The van der Waals surface area contributed by atoms with E-state index in [1.807, 2.05) is 28.8 Å².